The smallest absolute Gasteiger partial charge is 0.186 e. The summed E-state index contributed by atoms with van der Waals surface area (Å²) in [7, 11) is 0. The second kappa shape index (κ2) is 3.05. The Balaban J connectivity index is 2.75. The average molecular weight is 92.1 g/mol. The van der Waals surface area contributed by atoms with Gasteiger partial charge in [0.25, 0.3) is 0 Å². The molecule has 0 aliphatic rings. The van der Waals surface area contributed by atoms with E-state index in [4.69, 9.17) is 10.8 Å². The Morgan fingerprint density at radius 2 is 2.33 bits per heavy atom. The van der Waals surface area contributed by atoms with E-state index in [1.54, 1.807) is 0 Å². The van der Waals surface area contributed by atoms with E-state index in [0.717, 1.165) is 0 Å². The van der Waals surface area contributed by atoms with Gasteiger partial charge >= 0.3 is 0 Å². The Kier molecular flexibility index (Phi) is 2.97. The molecule has 38 valence electrons. The van der Waals surface area contributed by atoms with E-state index in [0.29, 0.717) is 0 Å². The van der Waals surface area contributed by atoms with Crippen LogP contribution in [0.5, 0.6) is 0 Å². The summed E-state index contributed by atoms with van der Waals surface area (Å²) >= 11 is 0. The lowest BCUT2D eigenvalue weighted by atomic mass is 10.7. The molecule has 0 radical (unpaired) electrons. The highest BCUT2D eigenvalue weighted by Crippen LogP contribution is 1.69. The summed E-state index contributed by atoms with van der Waals surface area (Å²) in [6, 6.07) is 0. The fourth-order valence-electron chi connectivity index (χ4n) is 0.0556. The van der Waals surface area contributed by atoms with E-state index in [1.165, 1.54) is 0 Å². The Morgan fingerprint density at radius 1 is 1.83 bits per heavy atom. The van der Waals surface area contributed by atoms with Crippen LogP contribution >= 0.6 is 0 Å². The molecule has 0 aromatic heterocycles. The summed E-state index contributed by atoms with van der Waals surface area (Å²) in [4.78, 5) is 3.83. The third-order valence-electron chi connectivity index (χ3n) is 0.359. The minimum atomic E-state index is -1.01. The zero-order valence-corrected chi connectivity index (χ0v) is 3.29. The summed E-state index contributed by atoms with van der Waals surface area (Å²) in [6.07, 6.45) is -1.01. The van der Waals surface area contributed by atoms with Gasteiger partial charge in [0.05, 0.1) is 0 Å². The van der Waals surface area contributed by atoms with Gasteiger partial charge in [-0.15, -0.1) is 0 Å². The zero-order valence-electron chi connectivity index (χ0n) is 3.29. The largest absolute Gasteiger partial charge is 0.366 e. The van der Waals surface area contributed by atoms with Gasteiger partial charge in [0.15, 0.2) is 6.29 Å². The van der Waals surface area contributed by atoms with Crippen LogP contribution in [0.4, 0.5) is 0 Å². The van der Waals surface area contributed by atoms with Crippen molar-refractivity contribution in [2.24, 2.45) is 11.6 Å². The summed E-state index contributed by atoms with van der Waals surface area (Å²) in [5, 5.41) is 8.19. The Hall–Kier alpha value is -0.160. The topological polar surface area (TPSA) is 81.5 Å². The van der Waals surface area contributed by atoms with E-state index < -0.39 is 6.29 Å². The molecule has 5 N–H and O–H groups in total. The maximum Gasteiger partial charge on any atom is 0.186 e. The van der Waals surface area contributed by atoms with Crippen LogP contribution in [0, 0.1) is 0 Å². The second-order valence-electron chi connectivity index (χ2n) is 0.826. The van der Waals surface area contributed by atoms with Gasteiger partial charge in [0.2, 0.25) is 0 Å². The molecule has 0 aromatic rings. The van der Waals surface area contributed by atoms with Crippen molar-refractivity contribution in [1.29, 1.82) is 0 Å². The molecule has 0 saturated carbocycles. The van der Waals surface area contributed by atoms with Crippen molar-refractivity contribution >= 4 is 0 Å². The van der Waals surface area contributed by atoms with Gasteiger partial charge in [-0.05, 0) is 0 Å². The average Bonchev–Trinajstić information content (AvgIpc) is 1.65. The number of rotatable bonds is 2. The molecule has 0 bridgehead atoms. The molecule has 4 heteroatoms. The molecule has 0 aliphatic carbocycles. The molecule has 1 unspecified atom stereocenters. The molecule has 0 aromatic carbocycles. The van der Waals surface area contributed by atoms with Gasteiger partial charge in [-0.3, -0.25) is 4.84 Å². The molecule has 0 saturated heterocycles. The van der Waals surface area contributed by atoms with Crippen LogP contribution in [0.1, 0.15) is 0 Å². The summed E-state index contributed by atoms with van der Waals surface area (Å²) < 4.78 is 0. The van der Waals surface area contributed by atoms with Crippen LogP contribution in [-0.2, 0) is 4.84 Å². The number of aliphatic hydroxyl groups excluding tert-OH is 1. The van der Waals surface area contributed by atoms with Gasteiger partial charge in [0, 0.05) is 6.54 Å². The van der Waals surface area contributed by atoms with Gasteiger partial charge in [-0.25, -0.2) is 5.90 Å². The van der Waals surface area contributed by atoms with Crippen molar-refractivity contribution < 1.29 is 9.94 Å². The lowest BCUT2D eigenvalue weighted by Crippen LogP contribution is -2.25. The van der Waals surface area contributed by atoms with E-state index in [1.807, 2.05) is 0 Å². The first kappa shape index (κ1) is 5.84. The molecule has 0 rings (SSSR count). The monoisotopic (exact) mass is 92.1 g/mol. The van der Waals surface area contributed by atoms with Crippen molar-refractivity contribution in [3.63, 3.8) is 0 Å². The zero-order chi connectivity index (χ0) is 4.99. The number of nitrogens with two attached hydrogens (primary N) is 2. The van der Waals surface area contributed by atoms with E-state index in [9.17, 15) is 0 Å². The van der Waals surface area contributed by atoms with Crippen LogP contribution in [-0.4, -0.2) is 17.9 Å². The predicted molar refractivity (Wildman–Crippen MR) is 20.3 cm³/mol. The Labute approximate surface area is 35.6 Å². The minimum absolute atomic E-state index is 0.0382. The number of aliphatic hydroxyl groups is 1. The van der Waals surface area contributed by atoms with Gasteiger partial charge < -0.3 is 10.8 Å². The van der Waals surface area contributed by atoms with Gasteiger partial charge in [0.1, 0.15) is 0 Å². The molecule has 0 heterocycles. The normalized spacial score (nSPS) is 14.5. The summed E-state index contributed by atoms with van der Waals surface area (Å²) in [6.45, 7) is 0.0382. The van der Waals surface area contributed by atoms with Crippen molar-refractivity contribution in [2.45, 2.75) is 6.29 Å². The maximum absolute atomic E-state index is 8.19. The summed E-state index contributed by atoms with van der Waals surface area (Å²) in [5.74, 6) is 4.45. The molecule has 0 aliphatic heterocycles. The standard InChI is InChI=1S/C2H8N2O2/c3-1-2(5)6-4/h2,5H,1,3-4H2. The molecule has 0 amide bonds. The van der Waals surface area contributed by atoms with Crippen molar-refractivity contribution in [2.75, 3.05) is 6.54 Å². The number of hydrogen-bond donors (Lipinski definition) is 3. The van der Waals surface area contributed by atoms with Crippen LogP contribution < -0.4 is 11.6 Å². The molecule has 4 nitrogen and oxygen atoms in total. The van der Waals surface area contributed by atoms with Crippen LogP contribution in [0.2, 0.25) is 0 Å². The third kappa shape index (κ3) is 2.10. The van der Waals surface area contributed by atoms with Crippen LogP contribution in [0.15, 0.2) is 0 Å². The predicted octanol–water partition coefficient (Wildman–Crippen LogP) is -1.85. The third-order valence-corrected chi connectivity index (χ3v) is 0.359. The maximum atomic E-state index is 8.19. The van der Waals surface area contributed by atoms with Gasteiger partial charge in [-0.1, -0.05) is 0 Å². The van der Waals surface area contributed by atoms with Gasteiger partial charge in [-0.2, -0.15) is 0 Å². The SMILES string of the molecule is NCC(O)ON. The van der Waals surface area contributed by atoms with E-state index in [2.05, 4.69) is 10.7 Å². The molecule has 1 atom stereocenters. The van der Waals surface area contributed by atoms with E-state index in [-0.39, 0.29) is 6.54 Å². The van der Waals surface area contributed by atoms with Crippen molar-refractivity contribution in [1.82, 2.24) is 0 Å². The molecule has 0 fully saturated rings. The molecular formula is C2H8N2O2. The Morgan fingerprint density at radius 3 is 2.33 bits per heavy atom. The highest BCUT2D eigenvalue weighted by molar-refractivity contribution is 4.32. The lowest BCUT2D eigenvalue weighted by molar-refractivity contribution is -0.0937. The quantitative estimate of drug-likeness (QED) is 0.276. The first-order valence-electron chi connectivity index (χ1n) is 1.55. The van der Waals surface area contributed by atoms with Crippen LogP contribution in [0.3, 0.4) is 0 Å². The molecular weight excluding hydrogens is 84.0 g/mol. The first-order valence-corrected chi connectivity index (χ1v) is 1.55. The van der Waals surface area contributed by atoms with Crippen molar-refractivity contribution in [3.05, 3.63) is 0 Å². The molecule has 0 spiro atoms. The molecule has 6 heavy (non-hydrogen) atoms. The second-order valence-corrected chi connectivity index (χ2v) is 0.826. The number of hydrogen-bond acceptors (Lipinski definition) is 4. The highest BCUT2D eigenvalue weighted by atomic mass is 16.7. The fraction of sp³-hybridized carbons (Fsp3) is 1.00. The summed E-state index contributed by atoms with van der Waals surface area (Å²) in [5.41, 5.74) is 4.83. The van der Waals surface area contributed by atoms with E-state index >= 15 is 0 Å². The first-order chi connectivity index (χ1) is 2.81. The lowest BCUT2D eigenvalue weighted by Gasteiger charge is -1.99. The van der Waals surface area contributed by atoms with Crippen molar-refractivity contribution in [3.8, 4) is 0 Å². The highest BCUT2D eigenvalue weighted by Gasteiger charge is 1.91. The van der Waals surface area contributed by atoms with Crippen LogP contribution in [0.25, 0.3) is 0 Å². The minimum Gasteiger partial charge on any atom is -0.366 e. The Bertz CT molecular complexity index is 28.7. The fourth-order valence-corrected chi connectivity index (χ4v) is 0.0556.